The van der Waals surface area contributed by atoms with Crippen LogP contribution in [0.2, 0.25) is 0 Å². The fourth-order valence-electron chi connectivity index (χ4n) is 6.55. The highest BCUT2D eigenvalue weighted by Crippen LogP contribution is 2.45. The van der Waals surface area contributed by atoms with Crippen LogP contribution in [-0.2, 0) is 11.2 Å². The predicted molar refractivity (Wildman–Crippen MR) is 158 cm³/mol. The van der Waals surface area contributed by atoms with Crippen LogP contribution in [0.1, 0.15) is 77.5 Å². The van der Waals surface area contributed by atoms with Gasteiger partial charge in [0, 0.05) is 19.2 Å². The maximum absolute atomic E-state index is 13.4. The van der Waals surface area contributed by atoms with Crippen molar-refractivity contribution >= 4 is 17.6 Å². The zero-order chi connectivity index (χ0) is 28.3. The van der Waals surface area contributed by atoms with Crippen LogP contribution >= 0.6 is 0 Å². The van der Waals surface area contributed by atoms with Crippen molar-refractivity contribution in [2.24, 2.45) is 11.8 Å². The van der Waals surface area contributed by atoms with Crippen LogP contribution in [0.4, 0.5) is 5.69 Å². The highest BCUT2D eigenvalue weighted by Gasteiger charge is 2.34. The minimum Gasteiger partial charge on any atom is -0.508 e. The van der Waals surface area contributed by atoms with E-state index in [1.54, 1.807) is 18.2 Å². The second kappa shape index (κ2) is 11.9. The third kappa shape index (κ3) is 6.34. The van der Waals surface area contributed by atoms with E-state index in [0.29, 0.717) is 24.0 Å². The van der Waals surface area contributed by atoms with E-state index < -0.39 is 5.97 Å². The summed E-state index contributed by atoms with van der Waals surface area (Å²) in [7, 11) is 0. The Morgan fingerprint density at radius 1 is 0.951 bits per heavy atom. The number of aromatic hydroxyl groups is 1. The largest absolute Gasteiger partial charge is 0.508 e. The van der Waals surface area contributed by atoms with Crippen LogP contribution < -0.4 is 15.0 Å². The Bertz CT molecular complexity index is 1410. The van der Waals surface area contributed by atoms with Gasteiger partial charge >= 0.3 is 5.97 Å². The molecule has 0 radical (unpaired) electrons. The molecule has 2 aliphatic carbocycles. The third-order valence-corrected chi connectivity index (χ3v) is 8.98. The fraction of sp³-hybridized carbons (Fsp3) is 0.412. The second-order valence-electron chi connectivity index (χ2n) is 11.8. The van der Waals surface area contributed by atoms with Crippen molar-refractivity contribution < 1.29 is 24.5 Å². The number of benzene rings is 3. The molecule has 1 saturated carbocycles. The lowest BCUT2D eigenvalue weighted by Crippen LogP contribution is -2.37. The summed E-state index contributed by atoms with van der Waals surface area (Å²) in [5.41, 5.74) is 4.90. The highest BCUT2D eigenvalue weighted by atomic mass is 16.5. The molecule has 41 heavy (non-hydrogen) atoms. The number of nitrogens with zero attached hydrogens (tertiary/aromatic N) is 1. The summed E-state index contributed by atoms with van der Waals surface area (Å²) < 4.78 is 6.20. The van der Waals surface area contributed by atoms with Gasteiger partial charge < -0.3 is 25.2 Å². The number of piperidine rings is 1. The van der Waals surface area contributed by atoms with Crippen molar-refractivity contribution in [2.75, 3.05) is 24.6 Å². The maximum Gasteiger partial charge on any atom is 0.303 e. The molecule has 214 valence electrons. The molecule has 3 aromatic carbocycles. The van der Waals surface area contributed by atoms with Crippen molar-refractivity contribution in [3.05, 3.63) is 89.0 Å². The number of phenolic OH excluding ortho intramolecular Hbond substituents is 1. The predicted octanol–water partition coefficient (Wildman–Crippen LogP) is 6.07. The lowest BCUT2D eigenvalue weighted by Gasteiger charge is -2.34. The average Bonchev–Trinajstić information content (AvgIpc) is 3.75. The number of amides is 1. The van der Waals surface area contributed by atoms with Gasteiger partial charge in [-0.3, -0.25) is 9.59 Å². The quantitative estimate of drug-likeness (QED) is 0.281. The molecular formula is C34H38N2O5. The van der Waals surface area contributed by atoms with Crippen molar-refractivity contribution in [1.82, 2.24) is 5.32 Å². The number of nitrogens with one attached hydrogen (secondary N) is 1. The molecule has 1 amide bonds. The van der Waals surface area contributed by atoms with Crippen LogP contribution in [0.25, 0.3) is 0 Å². The Labute approximate surface area is 241 Å². The molecule has 0 bridgehead atoms. The van der Waals surface area contributed by atoms with Gasteiger partial charge in [0.05, 0.1) is 30.3 Å². The number of carboxylic acids is 1. The Morgan fingerprint density at radius 3 is 2.54 bits per heavy atom. The van der Waals surface area contributed by atoms with Gasteiger partial charge in [-0.05, 0) is 97.2 Å². The van der Waals surface area contributed by atoms with Crippen LogP contribution in [-0.4, -0.2) is 41.8 Å². The van der Waals surface area contributed by atoms with Gasteiger partial charge in [-0.15, -0.1) is 0 Å². The first-order valence-electron chi connectivity index (χ1n) is 14.9. The summed E-state index contributed by atoms with van der Waals surface area (Å²) in [4.78, 5) is 27.0. The molecule has 0 aromatic heterocycles. The smallest absolute Gasteiger partial charge is 0.303 e. The standard InChI is InChI=1S/C34H38N2O5/c37-26-11-12-29(34(40)35-31-13-10-23-4-1-2-7-28(23)31)32(19-26)36-16-14-22(15-17-36)21-41-27-6-3-5-25(18-27)30(20-33(38)39)24-8-9-24/h1-7,11-12,18-19,22,24,30-31,37H,8-10,13-17,20-21H2,(H,35,40)(H,38,39). The number of aryl methyl sites for hydroxylation is 1. The van der Waals surface area contributed by atoms with Crippen molar-refractivity contribution in [1.29, 1.82) is 0 Å². The van der Waals surface area contributed by atoms with E-state index in [9.17, 15) is 19.8 Å². The van der Waals surface area contributed by atoms with E-state index in [2.05, 4.69) is 22.3 Å². The summed E-state index contributed by atoms with van der Waals surface area (Å²) >= 11 is 0. The Kier molecular flexibility index (Phi) is 7.86. The van der Waals surface area contributed by atoms with E-state index in [4.69, 9.17) is 4.74 Å². The minimum atomic E-state index is -0.753. The number of rotatable bonds is 10. The molecule has 2 atom stereocenters. The van der Waals surface area contributed by atoms with Crippen LogP contribution in [0.15, 0.2) is 66.7 Å². The maximum atomic E-state index is 13.4. The number of carbonyl (C=O) groups is 2. The van der Waals surface area contributed by atoms with Gasteiger partial charge in [0.2, 0.25) is 0 Å². The molecule has 2 unspecified atom stereocenters. The molecule has 0 spiro atoms. The first-order chi connectivity index (χ1) is 19.9. The van der Waals surface area contributed by atoms with Gasteiger partial charge in [-0.25, -0.2) is 0 Å². The molecule has 7 heteroatoms. The Balaban J connectivity index is 1.06. The number of carboxylic acid groups (broad SMARTS) is 1. The second-order valence-corrected chi connectivity index (χ2v) is 11.8. The van der Waals surface area contributed by atoms with Crippen molar-refractivity contribution in [3.8, 4) is 11.5 Å². The number of anilines is 1. The number of phenols is 1. The number of carbonyl (C=O) groups excluding carboxylic acids is 1. The first-order valence-corrected chi connectivity index (χ1v) is 14.9. The molecule has 1 aliphatic heterocycles. The van der Waals surface area contributed by atoms with E-state index >= 15 is 0 Å². The lowest BCUT2D eigenvalue weighted by molar-refractivity contribution is -0.137. The van der Waals surface area contributed by atoms with Gasteiger partial charge in [0.1, 0.15) is 11.5 Å². The van der Waals surface area contributed by atoms with Crippen LogP contribution in [0.3, 0.4) is 0 Å². The Hall–Kier alpha value is -4.00. The topological polar surface area (TPSA) is 99.1 Å². The number of fused-ring (bicyclic) bond motifs is 1. The summed E-state index contributed by atoms with van der Waals surface area (Å²) in [6.45, 7) is 2.14. The van der Waals surface area contributed by atoms with Gasteiger partial charge in [0.15, 0.2) is 0 Å². The molecule has 7 nitrogen and oxygen atoms in total. The average molecular weight is 555 g/mol. The summed E-state index contributed by atoms with van der Waals surface area (Å²) in [5, 5.41) is 22.9. The lowest BCUT2D eigenvalue weighted by atomic mass is 9.91. The summed E-state index contributed by atoms with van der Waals surface area (Å²) in [6.07, 6.45) is 6.04. The molecule has 3 aromatic rings. The number of ether oxygens (including phenoxy) is 1. The monoisotopic (exact) mass is 554 g/mol. The number of hydrogen-bond donors (Lipinski definition) is 3. The minimum absolute atomic E-state index is 0.00502. The SMILES string of the molecule is O=C(O)CC(c1cccc(OCC2CCN(c3cc(O)ccc3C(=O)NC3CCc4ccccc43)CC2)c1)C1CC1. The molecule has 1 saturated heterocycles. The van der Waals surface area contributed by atoms with Crippen molar-refractivity contribution in [3.63, 3.8) is 0 Å². The molecular weight excluding hydrogens is 516 g/mol. The van der Waals surface area contributed by atoms with Crippen molar-refractivity contribution in [2.45, 2.75) is 56.9 Å². The number of hydrogen-bond acceptors (Lipinski definition) is 5. The zero-order valence-electron chi connectivity index (χ0n) is 23.3. The molecule has 3 aliphatic rings. The molecule has 1 heterocycles. The first kappa shape index (κ1) is 27.2. The fourth-order valence-corrected chi connectivity index (χ4v) is 6.55. The van der Waals surface area contributed by atoms with E-state index in [-0.39, 0.29) is 30.0 Å². The summed E-state index contributed by atoms with van der Waals surface area (Å²) in [5.74, 6) is 0.968. The third-order valence-electron chi connectivity index (χ3n) is 8.98. The van der Waals surface area contributed by atoms with E-state index in [1.165, 1.54) is 11.1 Å². The van der Waals surface area contributed by atoms with Gasteiger partial charge in [0.25, 0.3) is 5.91 Å². The van der Waals surface area contributed by atoms with Crippen LogP contribution in [0, 0.1) is 11.8 Å². The number of aliphatic carboxylic acids is 1. The Morgan fingerprint density at radius 2 is 1.76 bits per heavy atom. The van der Waals surface area contributed by atoms with E-state index in [0.717, 1.165) is 68.6 Å². The zero-order valence-corrected chi connectivity index (χ0v) is 23.3. The van der Waals surface area contributed by atoms with Crippen LogP contribution in [0.5, 0.6) is 11.5 Å². The molecule has 3 N–H and O–H groups in total. The summed E-state index contributed by atoms with van der Waals surface area (Å²) in [6, 6.07) is 21.2. The molecule has 2 fully saturated rings. The highest BCUT2D eigenvalue weighted by molar-refractivity contribution is 6.00. The van der Waals surface area contributed by atoms with Gasteiger partial charge in [-0.1, -0.05) is 36.4 Å². The molecule has 6 rings (SSSR count). The van der Waals surface area contributed by atoms with E-state index in [1.807, 2.05) is 36.4 Å². The van der Waals surface area contributed by atoms with Gasteiger partial charge in [-0.2, -0.15) is 0 Å². The normalized spacial score (nSPS) is 19.4.